The molecule has 0 spiro atoms. The number of aliphatic hydroxyl groups excluding tert-OH is 2. The number of ether oxygens (including phenoxy) is 2. The highest BCUT2D eigenvalue weighted by atomic mass is 16.6. The van der Waals surface area contributed by atoms with Crippen molar-refractivity contribution < 1.29 is 29.3 Å². The van der Waals surface area contributed by atoms with Gasteiger partial charge in [0.2, 0.25) is 0 Å². The lowest BCUT2D eigenvalue weighted by molar-refractivity contribution is -0.157. The Morgan fingerprint density at radius 2 is 1.33 bits per heavy atom. The van der Waals surface area contributed by atoms with Crippen LogP contribution in [-0.2, 0) is 19.1 Å². The quantitative estimate of drug-likeness (QED) is 0.451. The van der Waals surface area contributed by atoms with Gasteiger partial charge in [-0.05, 0) is 13.8 Å². The molecule has 0 aliphatic heterocycles. The Hall–Kier alpha value is -1.14. The summed E-state index contributed by atoms with van der Waals surface area (Å²) in [5.41, 5.74) is 0. The van der Waals surface area contributed by atoms with Crippen LogP contribution in [0, 0.1) is 0 Å². The molecular formula is C9H16O6. The molecule has 0 aromatic carbocycles. The molecule has 0 radical (unpaired) electrons. The molecule has 0 bridgehead atoms. The van der Waals surface area contributed by atoms with Gasteiger partial charge >= 0.3 is 11.9 Å². The zero-order chi connectivity index (χ0) is 11.8. The highest BCUT2D eigenvalue weighted by molar-refractivity contribution is 5.91. The second-order valence-corrected chi connectivity index (χ2v) is 3.24. The Bertz CT molecular complexity index is 189. The fourth-order valence-electron chi connectivity index (χ4n) is 0.647. The minimum absolute atomic E-state index is 0.150. The summed E-state index contributed by atoms with van der Waals surface area (Å²) in [6, 6.07) is 0. The van der Waals surface area contributed by atoms with E-state index in [-0.39, 0.29) is 13.2 Å². The van der Waals surface area contributed by atoms with Crippen LogP contribution in [0.15, 0.2) is 0 Å². The van der Waals surface area contributed by atoms with E-state index in [1.54, 1.807) is 0 Å². The summed E-state index contributed by atoms with van der Waals surface area (Å²) in [7, 11) is 0. The van der Waals surface area contributed by atoms with Gasteiger partial charge in [0.25, 0.3) is 0 Å². The molecule has 2 unspecified atom stereocenters. The van der Waals surface area contributed by atoms with Gasteiger partial charge in [0.05, 0.1) is 12.2 Å². The van der Waals surface area contributed by atoms with Crippen LogP contribution >= 0.6 is 0 Å². The Labute approximate surface area is 87.8 Å². The first kappa shape index (κ1) is 13.9. The summed E-state index contributed by atoms with van der Waals surface area (Å²) in [5, 5.41) is 17.6. The third-order valence-corrected chi connectivity index (χ3v) is 1.26. The van der Waals surface area contributed by atoms with Crippen molar-refractivity contribution in [2.75, 3.05) is 13.2 Å². The van der Waals surface area contributed by atoms with Gasteiger partial charge in [-0.15, -0.1) is 0 Å². The first-order valence-corrected chi connectivity index (χ1v) is 4.59. The lowest BCUT2D eigenvalue weighted by Crippen LogP contribution is -2.21. The van der Waals surface area contributed by atoms with Gasteiger partial charge < -0.3 is 19.7 Å². The number of carbonyl (C=O) groups is 2. The third kappa shape index (κ3) is 9.17. The van der Waals surface area contributed by atoms with E-state index in [1.165, 1.54) is 13.8 Å². The number of hydrogen-bond acceptors (Lipinski definition) is 6. The van der Waals surface area contributed by atoms with Crippen LogP contribution in [0.2, 0.25) is 0 Å². The van der Waals surface area contributed by atoms with E-state index < -0.39 is 30.6 Å². The predicted octanol–water partition coefficient (Wildman–Crippen LogP) is -0.776. The summed E-state index contributed by atoms with van der Waals surface area (Å²) in [4.78, 5) is 21.8. The van der Waals surface area contributed by atoms with Crippen LogP contribution in [0.4, 0.5) is 0 Å². The minimum Gasteiger partial charge on any atom is -0.463 e. The normalized spacial score (nSPS) is 14.1. The third-order valence-electron chi connectivity index (χ3n) is 1.26. The molecule has 2 N–H and O–H groups in total. The lowest BCUT2D eigenvalue weighted by atomic mass is 10.4. The van der Waals surface area contributed by atoms with Gasteiger partial charge in [0.15, 0.2) is 0 Å². The maximum Gasteiger partial charge on any atom is 0.317 e. The van der Waals surface area contributed by atoms with Gasteiger partial charge in [0, 0.05) is 0 Å². The Balaban J connectivity index is 3.63. The molecule has 0 aromatic rings. The van der Waals surface area contributed by atoms with Crippen molar-refractivity contribution >= 4 is 11.9 Å². The summed E-state index contributed by atoms with van der Waals surface area (Å²) in [5.74, 6) is -1.52. The van der Waals surface area contributed by atoms with Crippen LogP contribution < -0.4 is 0 Å². The topological polar surface area (TPSA) is 93.1 Å². The van der Waals surface area contributed by atoms with E-state index >= 15 is 0 Å². The maximum atomic E-state index is 10.9. The zero-order valence-corrected chi connectivity index (χ0v) is 8.80. The molecule has 0 aliphatic carbocycles. The standard InChI is InChI=1S/C9H16O6/c1-6(10)4-14-8(12)3-9(13)15-5-7(2)11/h6-7,10-11H,3-5H2,1-2H3. The van der Waals surface area contributed by atoms with Gasteiger partial charge in [0.1, 0.15) is 19.6 Å². The summed E-state index contributed by atoms with van der Waals surface area (Å²) in [6.45, 7) is 2.61. The molecule has 0 aromatic heterocycles. The molecule has 0 saturated carbocycles. The fourth-order valence-corrected chi connectivity index (χ4v) is 0.647. The number of rotatable bonds is 6. The van der Waals surface area contributed by atoms with Crippen molar-refractivity contribution in [3.05, 3.63) is 0 Å². The molecule has 2 atom stereocenters. The molecule has 0 fully saturated rings. The predicted molar refractivity (Wildman–Crippen MR) is 49.9 cm³/mol. The molecule has 6 heteroatoms. The van der Waals surface area contributed by atoms with Crippen molar-refractivity contribution in [3.63, 3.8) is 0 Å². The summed E-state index contributed by atoms with van der Waals surface area (Å²) < 4.78 is 9.06. The Morgan fingerprint density at radius 1 is 1.00 bits per heavy atom. The van der Waals surface area contributed by atoms with Crippen molar-refractivity contribution in [2.45, 2.75) is 32.5 Å². The average molecular weight is 220 g/mol. The second-order valence-electron chi connectivity index (χ2n) is 3.24. The zero-order valence-electron chi connectivity index (χ0n) is 8.80. The van der Waals surface area contributed by atoms with Crippen LogP contribution in [-0.4, -0.2) is 47.6 Å². The molecule has 0 heterocycles. The Morgan fingerprint density at radius 3 is 1.60 bits per heavy atom. The van der Waals surface area contributed by atoms with E-state index in [1.807, 2.05) is 0 Å². The molecule has 0 rings (SSSR count). The summed E-state index contributed by atoms with van der Waals surface area (Å²) in [6.07, 6.45) is -2.04. The van der Waals surface area contributed by atoms with E-state index in [0.29, 0.717) is 0 Å². The molecular weight excluding hydrogens is 204 g/mol. The van der Waals surface area contributed by atoms with Crippen molar-refractivity contribution in [1.29, 1.82) is 0 Å². The molecule has 15 heavy (non-hydrogen) atoms. The van der Waals surface area contributed by atoms with E-state index in [9.17, 15) is 9.59 Å². The van der Waals surface area contributed by atoms with Gasteiger partial charge in [-0.3, -0.25) is 9.59 Å². The lowest BCUT2D eigenvalue weighted by Gasteiger charge is -2.07. The van der Waals surface area contributed by atoms with Crippen molar-refractivity contribution in [3.8, 4) is 0 Å². The first-order valence-electron chi connectivity index (χ1n) is 4.59. The smallest absolute Gasteiger partial charge is 0.317 e. The largest absolute Gasteiger partial charge is 0.463 e. The van der Waals surface area contributed by atoms with E-state index in [2.05, 4.69) is 9.47 Å². The van der Waals surface area contributed by atoms with Crippen LogP contribution in [0.25, 0.3) is 0 Å². The molecule has 0 saturated heterocycles. The van der Waals surface area contributed by atoms with Crippen LogP contribution in [0.1, 0.15) is 20.3 Å². The van der Waals surface area contributed by atoms with Crippen LogP contribution in [0.3, 0.4) is 0 Å². The van der Waals surface area contributed by atoms with Crippen molar-refractivity contribution in [1.82, 2.24) is 0 Å². The molecule has 88 valence electrons. The molecule has 6 nitrogen and oxygen atoms in total. The second kappa shape index (κ2) is 7.19. The number of aliphatic hydroxyl groups is 2. The Kier molecular flexibility index (Phi) is 6.64. The summed E-state index contributed by atoms with van der Waals surface area (Å²) >= 11 is 0. The average Bonchev–Trinajstić information content (AvgIpc) is 2.11. The maximum absolute atomic E-state index is 10.9. The van der Waals surface area contributed by atoms with Gasteiger partial charge in [-0.2, -0.15) is 0 Å². The SMILES string of the molecule is CC(O)COC(=O)CC(=O)OCC(C)O. The molecule has 0 aliphatic rings. The highest BCUT2D eigenvalue weighted by Crippen LogP contribution is 1.94. The van der Waals surface area contributed by atoms with Gasteiger partial charge in [-0.1, -0.05) is 0 Å². The van der Waals surface area contributed by atoms with E-state index in [0.717, 1.165) is 0 Å². The monoisotopic (exact) mass is 220 g/mol. The van der Waals surface area contributed by atoms with Gasteiger partial charge in [-0.25, -0.2) is 0 Å². The highest BCUT2D eigenvalue weighted by Gasteiger charge is 2.13. The number of hydrogen-bond donors (Lipinski definition) is 2. The molecule has 0 amide bonds. The first-order chi connectivity index (χ1) is 6.91. The number of esters is 2. The fraction of sp³-hybridized carbons (Fsp3) is 0.778. The van der Waals surface area contributed by atoms with Crippen LogP contribution in [0.5, 0.6) is 0 Å². The van der Waals surface area contributed by atoms with Crippen molar-refractivity contribution in [2.24, 2.45) is 0 Å². The minimum atomic E-state index is -0.762. The number of carbonyl (C=O) groups excluding carboxylic acids is 2. The van der Waals surface area contributed by atoms with E-state index in [4.69, 9.17) is 10.2 Å².